The van der Waals surface area contributed by atoms with Crippen LogP contribution in [0.3, 0.4) is 0 Å². The van der Waals surface area contributed by atoms with Crippen molar-refractivity contribution < 1.29 is 14.3 Å². The van der Waals surface area contributed by atoms with Crippen molar-refractivity contribution in [3.63, 3.8) is 0 Å². The number of nitrogens with two attached hydrogens (primary N) is 1. The number of carbonyl (C=O) groups excluding carboxylic acids is 2. The van der Waals surface area contributed by atoms with Crippen LogP contribution in [-0.2, 0) is 9.53 Å². The number of hydrogen-bond acceptors (Lipinski definition) is 6. The van der Waals surface area contributed by atoms with Crippen molar-refractivity contribution in [2.24, 2.45) is 11.7 Å². The number of amides is 1. The first-order chi connectivity index (χ1) is 10.5. The van der Waals surface area contributed by atoms with Gasteiger partial charge in [0.25, 0.3) is 0 Å². The van der Waals surface area contributed by atoms with Gasteiger partial charge in [0.1, 0.15) is 4.88 Å². The molecule has 1 aromatic heterocycles. The molecular formula is C15H23N3O3S. The predicted molar refractivity (Wildman–Crippen MR) is 87.1 cm³/mol. The number of piperidine rings is 1. The Morgan fingerprint density at radius 2 is 2.36 bits per heavy atom. The largest absolute Gasteiger partial charge is 0.465 e. The normalized spacial score (nSPS) is 20.4. The highest BCUT2D eigenvalue weighted by molar-refractivity contribution is 7.12. The van der Waals surface area contributed by atoms with Gasteiger partial charge in [-0.2, -0.15) is 0 Å². The summed E-state index contributed by atoms with van der Waals surface area (Å²) in [4.78, 5) is 26.3. The van der Waals surface area contributed by atoms with E-state index in [0.29, 0.717) is 23.0 Å². The fourth-order valence-corrected chi connectivity index (χ4v) is 3.48. The van der Waals surface area contributed by atoms with Crippen LogP contribution in [0.4, 0.5) is 5.69 Å². The van der Waals surface area contributed by atoms with Crippen molar-refractivity contribution in [3.05, 3.63) is 16.3 Å². The molecule has 3 N–H and O–H groups in total. The van der Waals surface area contributed by atoms with Crippen molar-refractivity contribution in [3.8, 4) is 0 Å². The average molecular weight is 325 g/mol. The van der Waals surface area contributed by atoms with Gasteiger partial charge in [-0.1, -0.05) is 0 Å². The molecule has 6 nitrogen and oxygen atoms in total. The van der Waals surface area contributed by atoms with Crippen LogP contribution in [0.2, 0.25) is 0 Å². The highest BCUT2D eigenvalue weighted by Gasteiger charge is 2.24. The molecule has 1 fully saturated rings. The van der Waals surface area contributed by atoms with Crippen LogP contribution in [0.1, 0.15) is 29.4 Å². The predicted octanol–water partition coefficient (Wildman–Crippen LogP) is 1.53. The van der Waals surface area contributed by atoms with Gasteiger partial charge >= 0.3 is 5.97 Å². The van der Waals surface area contributed by atoms with Crippen LogP contribution in [-0.4, -0.2) is 49.6 Å². The van der Waals surface area contributed by atoms with E-state index in [4.69, 9.17) is 10.5 Å². The number of hydrogen-bond donors (Lipinski definition) is 2. The topological polar surface area (TPSA) is 84.7 Å². The fourth-order valence-electron chi connectivity index (χ4n) is 2.72. The first-order valence-corrected chi connectivity index (χ1v) is 8.32. The molecule has 0 saturated carbocycles. The molecule has 0 aromatic carbocycles. The van der Waals surface area contributed by atoms with Crippen molar-refractivity contribution in [1.29, 1.82) is 0 Å². The van der Waals surface area contributed by atoms with Crippen molar-refractivity contribution in [2.45, 2.75) is 25.8 Å². The Labute approximate surface area is 134 Å². The first kappa shape index (κ1) is 16.9. The number of esters is 1. The number of thiophene rings is 1. The summed E-state index contributed by atoms with van der Waals surface area (Å²) in [6, 6.07) is 1.86. The summed E-state index contributed by atoms with van der Waals surface area (Å²) < 4.78 is 4.70. The summed E-state index contributed by atoms with van der Waals surface area (Å²) in [7, 11) is 1.33. The fraction of sp³-hybridized carbons (Fsp3) is 0.600. The molecular weight excluding hydrogens is 302 g/mol. The molecule has 22 heavy (non-hydrogen) atoms. The zero-order valence-electron chi connectivity index (χ0n) is 13.0. The molecule has 0 aliphatic carbocycles. The number of ether oxygens (including phenoxy) is 1. The molecule has 0 spiro atoms. The third kappa shape index (κ3) is 4.28. The van der Waals surface area contributed by atoms with Gasteiger partial charge < -0.3 is 15.8 Å². The maximum atomic E-state index is 12.2. The van der Waals surface area contributed by atoms with Gasteiger partial charge in [-0.05, 0) is 43.7 Å². The number of carbonyl (C=O) groups is 2. The van der Waals surface area contributed by atoms with E-state index < -0.39 is 5.97 Å². The third-order valence-electron chi connectivity index (χ3n) is 3.96. The Balaban J connectivity index is 1.90. The quantitative estimate of drug-likeness (QED) is 0.802. The van der Waals surface area contributed by atoms with E-state index in [1.165, 1.54) is 18.4 Å². The van der Waals surface area contributed by atoms with Crippen molar-refractivity contribution >= 4 is 28.9 Å². The van der Waals surface area contributed by atoms with E-state index in [-0.39, 0.29) is 11.9 Å². The molecule has 1 aromatic rings. The van der Waals surface area contributed by atoms with Gasteiger partial charge in [0.05, 0.1) is 19.3 Å². The molecule has 2 rings (SSSR count). The van der Waals surface area contributed by atoms with E-state index in [1.54, 1.807) is 11.4 Å². The molecule has 0 bridgehead atoms. The Morgan fingerprint density at radius 1 is 1.59 bits per heavy atom. The minimum atomic E-state index is -0.430. The summed E-state index contributed by atoms with van der Waals surface area (Å²) in [5, 5.41) is 4.55. The molecule has 0 radical (unpaired) electrons. The van der Waals surface area contributed by atoms with Gasteiger partial charge in [-0.25, -0.2) is 4.79 Å². The minimum Gasteiger partial charge on any atom is -0.465 e. The maximum Gasteiger partial charge on any atom is 0.350 e. The van der Waals surface area contributed by atoms with E-state index >= 15 is 0 Å². The molecule has 7 heteroatoms. The lowest BCUT2D eigenvalue weighted by molar-refractivity contribution is -0.117. The van der Waals surface area contributed by atoms with Crippen molar-refractivity contribution in [1.82, 2.24) is 4.90 Å². The monoisotopic (exact) mass is 325 g/mol. The molecule has 122 valence electrons. The second-order valence-corrected chi connectivity index (χ2v) is 6.62. The van der Waals surface area contributed by atoms with Crippen molar-refractivity contribution in [2.75, 3.05) is 32.1 Å². The van der Waals surface area contributed by atoms with Gasteiger partial charge in [-0.3, -0.25) is 9.69 Å². The molecule has 2 atom stereocenters. The van der Waals surface area contributed by atoms with Crippen LogP contribution >= 0.6 is 11.3 Å². The van der Waals surface area contributed by atoms with Gasteiger partial charge in [0.15, 0.2) is 0 Å². The van der Waals surface area contributed by atoms with E-state index in [0.717, 1.165) is 25.9 Å². The van der Waals surface area contributed by atoms with Crippen LogP contribution < -0.4 is 11.1 Å². The second kappa shape index (κ2) is 7.71. The van der Waals surface area contributed by atoms with E-state index in [2.05, 4.69) is 10.2 Å². The number of rotatable bonds is 5. The van der Waals surface area contributed by atoms with Gasteiger partial charge in [0, 0.05) is 12.6 Å². The number of methoxy groups -OCH3 is 1. The maximum absolute atomic E-state index is 12.2. The molecule has 1 aliphatic heterocycles. The summed E-state index contributed by atoms with van der Waals surface area (Å²) >= 11 is 1.26. The van der Waals surface area contributed by atoms with Gasteiger partial charge in [0.2, 0.25) is 5.91 Å². The Hall–Kier alpha value is -1.44. The summed E-state index contributed by atoms with van der Waals surface area (Å²) in [5.41, 5.74) is 6.48. The number of anilines is 1. The molecule has 1 saturated heterocycles. The molecule has 2 unspecified atom stereocenters. The smallest absolute Gasteiger partial charge is 0.350 e. The Bertz CT molecular complexity index is 530. The summed E-state index contributed by atoms with van der Waals surface area (Å²) in [5.74, 6) is -0.109. The zero-order valence-corrected chi connectivity index (χ0v) is 13.8. The molecule has 1 aliphatic rings. The minimum absolute atomic E-state index is 0.117. The number of nitrogens with zero attached hydrogens (tertiary/aromatic N) is 1. The van der Waals surface area contributed by atoms with Crippen LogP contribution in [0, 0.1) is 5.92 Å². The lowest BCUT2D eigenvalue weighted by Gasteiger charge is -2.34. The Morgan fingerprint density at radius 3 is 3.05 bits per heavy atom. The lowest BCUT2D eigenvalue weighted by atomic mass is 9.92. The van der Waals surface area contributed by atoms with Crippen LogP contribution in [0.5, 0.6) is 0 Å². The lowest BCUT2D eigenvalue weighted by Crippen LogP contribution is -2.45. The number of nitrogens with one attached hydrogen (secondary N) is 1. The third-order valence-corrected chi connectivity index (χ3v) is 4.86. The van der Waals surface area contributed by atoms with Gasteiger partial charge in [-0.15, -0.1) is 11.3 Å². The first-order valence-electron chi connectivity index (χ1n) is 7.45. The summed E-state index contributed by atoms with van der Waals surface area (Å²) in [6.45, 7) is 4.09. The second-order valence-electron chi connectivity index (χ2n) is 5.70. The zero-order chi connectivity index (χ0) is 16.1. The van der Waals surface area contributed by atoms with E-state index in [9.17, 15) is 9.59 Å². The van der Waals surface area contributed by atoms with Crippen LogP contribution in [0.25, 0.3) is 0 Å². The SMILES string of the molecule is COC(=O)c1sccc1NC(=O)CN1CCCC(C(C)N)C1. The molecule has 2 heterocycles. The van der Waals surface area contributed by atoms with E-state index in [1.807, 2.05) is 6.92 Å². The average Bonchev–Trinajstić information content (AvgIpc) is 2.94. The Kier molecular flexibility index (Phi) is 5.93. The summed E-state index contributed by atoms with van der Waals surface area (Å²) in [6.07, 6.45) is 2.18. The highest BCUT2D eigenvalue weighted by Crippen LogP contribution is 2.23. The number of likely N-dealkylation sites (tertiary alicyclic amines) is 1. The highest BCUT2D eigenvalue weighted by atomic mass is 32.1. The van der Waals surface area contributed by atoms with Crippen LogP contribution in [0.15, 0.2) is 11.4 Å². The standard InChI is InChI=1S/C15H23N3O3S/c1-10(16)11-4-3-6-18(8-11)9-13(19)17-12-5-7-22-14(12)15(20)21-2/h5,7,10-11H,3-4,6,8-9,16H2,1-2H3,(H,17,19). The molecule has 1 amide bonds.